The van der Waals surface area contributed by atoms with Crippen molar-refractivity contribution < 1.29 is 10.2 Å². The second kappa shape index (κ2) is 1.80. The number of H-pyrrole nitrogens is 1. The fourth-order valence-electron chi connectivity index (χ4n) is 0.802. The minimum absolute atomic E-state index is 0.303. The molecule has 0 saturated heterocycles. The van der Waals surface area contributed by atoms with Gasteiger partial charge in [0.1, 0.15) is 6.21 Å². The lowest BCUT2D eigenvalue weighted by molar-refractivity contribution is -0.109. The molecule has 2 heterocycles. The zero-order chi connectivity index (χ0) is 7.90. The zero-order valence-corrected chi connectivity index (χ0v) is 5.47. The molecule has 58 valence electrons. The maximum absolute atomic E-state index is 9.02. The van der Waals surface area contributed by atoms with Gasteiger partial charge >= 0.3 is 5.91 Å². The Balaban J connectivity index is 2.28. The fourth-order valence-corrected chi connectivity index (χ4v) is 0.802. The van der Waals surface area contributed by atoms with E-state index in [4.69, 9.17) is 10.2 Å². The van der Waals surface area contributed by atoms with Gasteiger partial charge in [0.05, 0.1) is 0 Å². The highest BCUT2D eigenvalue weighted by Crippen LogP contribution is 2.21. The first kappa shape index (κ1) is 6.32. The number of imidazole rings is 1. The van der Waals surface area contributed by atoms with Crippen LogP contribution >= 0.6 is 0 Å². The molecule has 1 aromatic heterocycles. The van der Waals surface area contributed by atoms with Crippen LogP contribution in [0.2, 0.25) is 0 Å². The molecule has 6 nitrogen and oxygen atoms in total. The van der Waals surface area contributed by atoms with Gasteiger partial charge in [0.25, 0.3) is 0 Å². The van der Waals surface area contributed by atoms with Crippen LogP contribution in [0, 0.1) is 0 Å². The number of aromatic amines is 1. The molecule has 1 aliphatic heterocycles. The predicted octanol–water partition coefficient (Wildman–Crippen LogP) is -1.15. The lowest BCUT2D eigenvalue weighted by atomic mass is 10.4. The zero-order valence-electron chi connectivity index (χ0n) is 5.47. The number of nitrogens with zero attached hydrogens (tertiary/aromatic N) is 3. The SMILES string of the molecule is OC1(O)C=NN1c1ncc[nH]1. The molecule has 11 heavy (non-hydrogen) atoms. The molecule has 0 saturated carbocycles. The first-order valence-corrected chi connectivity index (χ1v) is 3.00. The molecule has 3 N–H and O–H groups in total. The summed E-state index contributed by atoms with van der Waals surface area (Å²) in [5, 5.41) is 22.6. The van der Waals surface area contributed by atoms with E-state index in [2.05, 4.69) is 15.1 Å². The van der Waals surface area contributed by atoms with E-state index in [-0.39, 0.29) is 0 Å². The molecule has 2 rings (SSSR count). The van der Waals surface area contributed by atoms with Gasteiger partial charge in [0, 0.05) is 12.4 Å². The Morgan fingerprint density at radius 2 is 2.36 bits per heavy atom. The van der Waals surface area contributed by atoms with Crippen LogP contribution in [0.1, 0.15) is 0 Å². The Hall–Kier alpha value is -1.40. The van der Waals surface area contributed by atoms with E-state index in [1.165, 1.54) is 6.20 Å². The molecule has 1 aromatic rings. The van der Waals surface area contributed by atoms with Gasteiger partial charge in [-0.15, -0.1) is 0 Å². The summed E-state index contributed by atoms with van der Waals surface area (Å²) >= 11 is 0. The Labute approximate surface area is 61.8 Å². The predicted molar refractivity (Wildman–Crippen MR) is 36.7 cm³/mol. The van der Waals surface area contributed by atoms with Crippen LogP contribution in [-0.2, 0) is 0 Å². The Morgan fingerprint density at radius 1 is 1.55 bits per heavy atom. The van der Waals surface area contributed by atoms with E-state index < -0.39 is 5.91 Å². The molecule has 0 fully saturated rings. The number of hydrogen-bond donors (Lipinski definition) is 3. The van der Waals surface area contributed by atoms with Crippen molar-refractivity contribution in [3.8, 4) is 0 Å². The minimum Gasteiger partial charge on any atom is -0.343 e. The largest absolute Gasteiger partial charge is 0.343 e. The van der Waals surface area contributed by atoms with Gasteiger partial charge < -0.3 is 15.2 Å². The Kier molecular flexibility index (Phi) is 1.04. The molecular weight excluding hydrogens is 148 g/mol. The molecule has 0 bridgehead atoms. The summed E-state index contributed by atoms with van der Waals surface area (Å²) in [5.74, 6) is -1.68. The number of aliphatic hydroxyl groups is 2. The van der Waals surface area contributed by atoms with Crippen LogP contribution in [0.25, 0.3) is 0 Å². The summed E-state index contributed by atoms with van der Waals surface area (Å²) in [6.07, 6.45) is 4.08. The summed E-state index contributed by atoms with van der Waals surface area (Å²) in [6, 6.07) is 0. The number of hydrogen-bond acceptors (Lipinski definition) is 5. The summed E-state index contributed by atoms with van der Waals surface area (Å²) in [6.45, 7) is 0. The topological polar surface area (TPSA) is 84.7 Å². The average molecular weight is 154 g/mol. The van der Waals surface area contributed by atoms with E-state index in [1.54, 1.807) is 6.20 Å². The number of anilines is 1. The van der Waals surface area contributed by atoms with Gasteiger partial charge in [-0.3, -0.25) is 0 Å². The molecule has 0 spiro atoms. The number of rotatable bonds is 1. The molecule has 1 aliphatic rings. The summed E-state index contributed by atoms with van der Waals surface area (Å²) < 4.78 is 0. The van der Waals surface area contributed by atoms with Crippen molar-refractivity contribution in [2.75, 3.05) is 5.01 Å². The second-order valence-corrected chi connectivity index (χ2v) is 2.16. The smallest absolute Gasteiger partial charge is 0.309 e. The van der Waals surface area contributed by atoms with Crippen molar-refractivity contribution in [1.29, 1.82) is 0 Å². The van der Waals surface area contributed by atoms with Crippen molar-refractivity contribution in [3.63, 3.8) is 0 Å². The van der Waals surface area contributed by atoms with Crippen molar-refractivity contribution in [1.82, 2.24) is 9.97 Å². The van der Waals surface area contributed by atoms with Crippen LogP contribution in [0.3, 0.4) is 0 Å². The molecule has 0 atom stereocenters. The van der Waals surface area contributed by atoms with Crippen molar-refractivity contribution >= 4 is 12.2 Å². The van der Waals surface area contributed by atoms with Crippen molar-refractivity contribution in [2.45, 2.75) is 5.91 Å². The quantitative estimate of drug-likeness (QED) is 0.446. The lowest BCUT2D eigenvalue weighted by Crippen LogP contribution is -2.55. The van der Waals surface area contributed by atoms with Crippen molar-refractivity contribution in [3.05, 3.63) is 12.4 Å². The molecule has 0 aromatic carbocycles. The van der Waals surface area contributed by atoms with Crippen LogP contribution < -0.4 is 5.01 Å². The Bertz CT molecular complexity index is 279. The summed E-state index contributed by atoms with van der Waals surface area (Å²) in [5.41, 5.74) is 0. The lowest BCUT2D eigenvalue weighted by Gasteiger charge is -2.33. The third kappa shape index (κ3) is 0.803. The van der Waals surface area contributed by atoms with Crippen LogP contribution in [0.4, 0.5) is 5.95 Å². The number of aromatic nitrogens is 2. The maximum atomic E-state index is 9.02. The highest BCUT2D eigenvalue weighted by atomic mass is 16.5. The van der Waals surface area contributed by atoms with Gasteiger partial charge in [-0.2, -0.15) is 10.1 Å². The third-order valence-electron chi connectivity index (χ3n) is 1.34. The second-order valence-electron chi connectivity index (χ2n) is 2.16. The molecule has 0 aliphatic carbocycles. The highest BCUT2D eigenvalue weighted by molar-refractivity contribution is 5.77. The first-order chi connectivity index (χ1) is 5.20. The summed E-state index contributed by atoms with van der Waals surface area (Å²) in [7, 11) is 0. The first-order valence-electron chi connectivity index (χ1n) is 3.00. The number of hydrazone groups is 1. The fraction of sp³-hybridized carbons (Fsp3) is 0.200. The average Bonchev–Trinajstić information content (AvgIpc) is 2.38. The monoisotopic (exact) mass is 154 g/mol. The molecule has 0 radical (unpaired) electrons. The molecule has 6 heteroatoms. The van der Waals surface area contributed by atoms with Crippen LogP contribution in [-0.4, -0.2) is 32.3 Å². The van der Waals surface area contributed by atoms with E-state index in [9.17, 15) is 0 Å². The van der Waals surface area contributed by atoms with E-state index in [1.807, 2.05) is 0 Å². The normalized spacial score (nSPS) is 20.0. The van der Waals surface area contributed by atoms with Gasteiger partial charge in [-0.05, 0) is 0 Å². The van der Waals surface area contributed by atoms with Gasteiger partial charge in [0.2, 0.25) is 5.95 Å². The van der Waals surface area contributed by atoms with Crippen molar-refractivity contribution in [2.24, 2.45) is 5.10 Å². The summed E-state index contributed by atoms with van der Waals surface area (Å²) in [4.78, 5) is 6.45. The minimum atomic E-state index is -1.99. The van der Waals surface area contributed by atoms with Gasteiger partial charge in [0.15, 0.2) is 0 Å². The van der Waals surface area contributed by atoms with E-state index in [0.717, 1.165) is 11.2 Å². The maximum Gasteiger partial charge on any atom is 0.309 e. The molecular formula is C5H6N4O2. The van der Waals surface area contributed by atoms with E-state index in [0.29, 0.717) is 5.95 Å². The standard InChI is InChI=1S/C5H6N4O2/c10-5(11)3-8-9(5)4-6-1-2-7-4/h1-3,10-11H,(H,6,7). The molecule has 0 amide bonds. The molecule has 0 unspecified atom stereocenters. The highest BCUT2D eigenvalue weighted by Gasteiger charge is 2.39. The van der Waals surface area contributed by atoms with Crippen LogP contribution in [0.5, 0.6) is 0 Å². The third-order valence-corrected chi connectivity index (χ3v) is 1.34. The number of nitrogens with one attached hydrogen (secondary N) is 1. The van der Waals surface area contributed by atoms with Gasteiger partial charge in [-0.25, -0.2) is 4.98 Å². The van der Waals surface area contributed by atoms with Crippen LogP contribution in [0.15, 0.2) is 17.5 Å². The van der Waals surface area contributed by atoms with E-state index >= 15 is 0 Å². The van der Waals surface area contributed by atoms with Gasteiger partial charge in [-0.1, -0.05) is 0 Å². The Morgan fingerprint density at radius 3 is 2.73 bits per heavy atom.